The van der Waals surface area contributed by atoms with Gasteiger partial charge in [-0.3, -0.25) is 0 Å². The van der Waals surface area contributed by atoms with Crippen LogP contribution in [0.4, 0.5) is 5.69 Å². The van der Waals surface area contributed by atoms with Gasteiger partial charge in [0.25, 0.3) is 0 Å². The summed E-state index contributed by atoms with van der Waals surface area (Å²) < 4.78 is 0. The van der Waals surface area contributed by atoms with Crippen molar-refractivity contribution >= 4 is 28.9 Å². The van der Waals surface area contributed by atoms with E-state index in [0.29, 0.717) is 10.0 Å². The van der Waals surface area contributed by atoms with E-state index in [4.69, 9.17) is 28.3 Å². The van der Waals surface area contributed by atoms with Crippen molar-refractivity contribution < 1.29 is 5.11 Å². The molecule has 2 N–H and O–H groups in total. The third-order valence-electron chi connectivity index (χ3n) is 1.83. The summed E-state index contributed by atoms with van der Waals surface area (Å²) in [5.74, 6) is 0. The van der Waals surface area contributed by atoms with E-state index >= 15 is 0 Å². The van der Waals surface area contributed by atoms with E-state index in [-0.39, 0.29) is 6.61 Å². The highest BCUT2D eigenvalue weighted by Crippen LogP contribution is 2.25. The van der Waals surface area contributed by atoms with Crippen LogP contribution >= 0.6 is 23.2 Å². The summed E-state index contributed by atoms with van der Waals surface area (Å²) in [5.41, 5.74) is 0.845. The molecule has 4 heteroatoms. The maximum absolute atomic E-state index is 8.59. The number of unbranched alkanes of at least 4 members (excludes halogenated alkanes) is 1. The van der Waals surface area contributed by atoms with E-state index in [2.05, 4.69) is 5.32 Å². The van der Waals surface area contributed by atoms with E-state index in [0.717, 1.165) is 25.1 Å². The van der Waals surface area contributed by atoms with Crippen LogP contribution in [-0.4, -0.2) is 18.3 Å². The van der Waals surface area contributed by atoms with Gasteiger partial charge in [-0.05, 0) is 31.0 Å². The van der Waals surface area contributed by atoms with Gasteiger partial charge in [0.2, 0.25) is 0 Å². The van der Waals surface area contributed by atoms with Crippen LogP contribution in [0, 0.1) is 0 Å². The van der Waals surface area contributed by atoms with Crippen molar-refractivity contribution in [2.24, 2.45) is 0 Å². The SMILES string of the molecule is OCCCCNc1cc(Cl)ccc1Cl. The van der Waals surface area contributed by atoms with Crippen molar-refractivity contribution in [3.8, 4) is 0 Å². The third kappa shape index (κ3) is 3.74. The first-order chi connectivity index (χ1) is 6.74. The molecule has 0 aliphatic rings. The minimum atomic E-state index is 0.227. The van der Waals surface area contributed by atoms with Gasteiger partial charge >= 0.3 is 0 Å². The number of hydrogen-bond donors (Lipinski definition) is 2. The van der Waals surface area contributed by atoms with Gasteiger partial charge in [0.1, 0.15) is 0 Å². The topological polar surface area (TPSA) is 32.3 Å². The quantitative estimate of drug-likeness (QED) is 0.767. The first-order valence-electron chi connectivity index (χ1n) is 4.54. The van der Waals surface area contributed by atoms with Crippen LogP contribution in [0.2, 0.25) is 10.0 Å². The zero-order chi connectivity index (χ0) is 10.4. The molecule has 78 valence electrons. The number of nitrogens with one attached hydrogen (secondary N) is 1. The standard InChI is InChI=1S/C10H13Cl2NO/c11-8-3-4-9(12)10(7-8)13-5-1-2-6-14/h3-4,7,13-14H,1-2,5-6H2. The molecule has 0 fully saturated rings. The van der Waals surface area contributed by atoms with Crippen molar-refractivity contribution in [2.75, 3.05) is 18.5 Å². The number of hydrogen-bond acceptors (Lipinski definition) is 2. The Hall–Kier alpha value is -0.440. The molecule has 1 aromatic rings. The normalized spacial score (nSPS) is 10.2. The van der Waals surface area contributed by atoms with Gasteiger partial charge in [-0.1, -0.05) is 23.2 Å². The largest absolute Gasteiger partial charge is 0.396 e. The number of halogens is 2. The fraction of sp³-hybridized carbons (Fsp3) is 0.400. The van der Waals surface area contributed by atoms with Gasteiger partial charge < -0.3 is 10.4 Å². The van der Waals surface area contributed by atoms with Crippen LogP contribution in [0.25, 0.3) is 0 Å². The summed E-state index contributed by atoms with van der Waals surface area (Å²) in [6.45, 7) is 1.02. The molecule has 1 aromatic carbocycles. The first-order valence-corrected chi connectivity index (χ1v) is 5.29. The average molecular weight is 234 g/mol. The molecule has 0 amide bonds. The van der Waals surface area contributed by atoms with Crippen molar-refractivity contribution in [2.45, 2.75) is 12.8 Å². The van der Waals surface area contributed by atoms with Crippen LogP contribution in [0.15, 0.2) is 18.2 Å². The Morgan fingerprint density at radius 3 is 2.71 bits per heavy atom. The second-order valence-electron chi connectivity index (χ2n) is 2.98. The molecular formula is C10H13Cl2NO. The molecule has 1 rings (SSSR count). The molecule has 0 aromatic heterocycles. The fourth-order valence-corrected chi connectivity index (χ4v) is 1.45. The van der Waals surface area contributed by atoms with Crippen LogP contribution in [0.3, 0.4) is 0 Å². The second kappa shape index (κ2) is 6.12. The zero-order valence-corrected chi connectivity index (χ0v) is 9.28. The van der Waals surface area contributed by atoms with Crippen molar-refractivity contribution in [3.63, 3.8) is 0 Å². The minimum absolute atomic E-state index is 0.227. The molecule has 0 spiro atoms. The molecule has 0 atom stereocenters. The maximum atomic E-state index is 8.59. The predicted octanol–water partition coefficient (Wildman–Crippen LogP) is 3.18. The van der Waals surface area contributed by atoms with E-state index in [1.54, 1.807) is 18.2 Å². The number of anilines is 1. The molecule has 0 unspecified atom stereocenters. The molecule has 2 nitrogen and oxygen atoms in total. The Kier molecular flexibility index (Phi) is 5.09. The van der Waals surface area contributed by atoms with Crippen molar-refractivity contribution in [1.82, 2.24) is 0 Å². The average Bonchev–Trinajstić information content (AvgIpc) is 2.18. The maximum Gasteiger partial charge on any atom is 0.0638 e. The molecule has 0 radical (unpaired) electrons. The monoisotopic (exact) mass is 233 g/mol. The number of benzene rings is 1. The fourth-order valence-electron chi connectivity index (χ4n) is 1.09. The second-order valence-corrected chi connectivity index (χ2v) is 3.83. The highest BCUT2D eigenvalue weighted by molar-refractivity contribution is 6.35. The van der Waals surface area contributed by atoms with Crippen LogP contribution in [0.1, 0.15) is 12.8 Å². The summed E-state index contributed by atoms with van der Waals surface area (Å²) in [6, 6.07) is 5.31. The number of aliphatic hydroxyl groups is 1. The molecule has 0 heterocycles. The molecular weight excluding hydrogens is 221 g/mol. The van der Waals surface area contributed by atoms with E-state index in [1.807, 2.05) is 0 Å². The zero-order valence-electron chi connectivity index (χ0n) is 7.76. The summed E-state index contributed by atoms with van der Waals surface area (Å²) in [4.78, 5) is 0. The minimum Gasteiger partial charge on any atom is -0.396 e. The lowest BCUT2D eigenvalue weighted by atomic mass is 10.3. The lowest BCUT2D eigenvalue weighted by Crippen LogP contribution is -2.02. The third-order valence-corrected chi connectivity index (χ3v) is 2.39. The Labute approximate surface area is 93.8 Å². The van der Waals surface area contributed by atoms with Crippen molar-refractivity contribution in [3.05, 3.63) is 28.2 Å². The summed E-state index contributed by atoms with van der Waals surface area (Å²) in [6.07, 6.45) is 1.71. The van der Waals surface area contributed by atoms with E-state index in [9.17, 15) is 0 Å². The molecule has 14 heavy (non-hydrogen) atoms. The lowest BCUT2D eigenvalue weighted by molar-refractivity contribution is 0.286. The van der Waals surface area contributed by atoms with E-state index in [1.165, 1.54) is 0 Å². The van der Waals surface area contributed by atoms with Crippen LogP contribution in [-0.2, 0) is 0 Å². The van der Waals surface area contributed by atoms with Gasteiger partial charge in [0.15, 0.2) is 0 Å². The summed E-state index contributed by atoms with van der Waals surface area (Å²) in [7, 11) is 0. The smallest absolute Gasteiger partial charge is 0.0638 e. The van der Waals surface area contributed by atoms with Crippen LogP contribution < -0.4 is 5.32 Å². The van der Waals surface area contributed by atoms with Gasteiger partial charge in [-0.15, -0.1) is 0 Å². The van der Waals surface area contributed by atoms with Gasteiger partial charge in [0, 0.05) is 18.2 Å². The lowest BCUT2D eigenvalue weighted by Gasteiger charge is -2.07. The first kappa shape index (κ1) is 11.6. The van der Waals surface area contributed by atoms with Gasteiger partial charge in [0.05, 0.1) is 10.7 Å². The van der Waals surface area contributed by atoms with Crippen LogP contribution in [0.5, 0.6) is 0 Å². The molecule has 0 saturated carbocycles. The summed E-state index contributed by atoms with van der Waals surface area (Å²) in [5, 5.41) is 13.1. The Morgan fingerprint density at radius 1 is 1.21 bits per heavy atom. The Bertz CT molecular complexity index is 291. The molecule has 0 aliphatic heterocycles. The molecule has 0 saturated heterocycles. The number of rotatable bonds is 5. The highest BCUT2D eigenvalue weighted by Gasteiger charge is 1.99. The Morgan fingerprint density at radius 2 is 2.00 bits per heavy atom. The van der Waals surface area contributed by atoms with E-state index < -0.39 is 0 Å². The van der Waals surface area contributed by atoms with Gasteiger partial charge in [-0.2, -0.15) is 0 Å². The number of aliphatic hydroxyl groups excluding tert-OH is 1. The molecule has 0 bridgehead atoms. The predicted molar refractivity (Wildman–Crippen MR) is 61.3 cm³/mol. The molecule has 0 aliphatic carbocycles. The Balaban J connectivity index is 2.45. The summed E-state index contributed by atoms with van der Waals surface area (Å²) >= 11 is 11.8. The van der Waals surface area contributed by atoms with Crippen molar-refractivity contribution in [1.29, 1.82) is 0 Å². The van der Waals surface area contributed by atoms with Gasteiger partial charge in [-0.25, -0.2) is 0 Å². The highest BCUT2D eigenvalue weighted by atomic mass is 35.5.